The molecule has 0 saturated heterocycles. The van der Waals surface area contributed by atoms with E-state index in [4.69, 9.17) is 4.74 Å². The van der Waals surface area contributed by atoms with Crippen LogP contribution in [0, 0.1) is 3.57 Å². The second-order valence-electron chi connectivity index (χ2n) is 4.34. The van der Waals surface area contributed by atoms with Crippen LogP contribution in [0.25, 0.3) is 0 Å². The Labute approximate surface area is 128 Å². The molecule has 1 atom stereocenters. The average molecular weight is 367 g/mol. The quantitative estimate of drug-likeness (QED) is 0.770. The van der Waals surface area contributed by atoms with Gasteiger partial charge in [-0.25, -0.2) is 0 Å². The van der Waals surface area contributed by atoms with Gasteiger partial charge in [-0.2, -0.15) is 0 Å². The second-order valence-corrected chi connectivity index (χ2v) is 5.59. The van der Waals surface area contributed by atoms with Crippen LogP contribution in [0.15, 0.2) is 48.5 Å². The zero-order valence-corrected chi connectivity index (χ0v) is 13.3. The number of halogens is 1. The molecule has 0 bridgehead atoms. The highest BCUT2D eigenvalue weighted by molar-refractivity contribution is 14.1. The Hall–Kier alpha value is -1.07. The van der Waals surface area contributed by atoms with Crippen molar-refractivity contribution in [2.45, 2.75) is 19.4 Å². The molecular weight excluding hydrogens is 349 g/mol. The van der Waals surface area contributed by atoms with E-state index in [1.165, 1.54) is 9.13 Å². The molecule has 0 radical (unpaired) electrons. The number of para-hydroxylation sites is 1. The lowest BCUT2D eigenvalue weighted by molar-refractivity contribution is 0.459. The molecule has 0 spiro atoms. The number of rotatable bonds is 5. The van der Waals surface area contributed by atoms with Crippen LogP contribution in [-0.2, 0) is 0 Å². The van der Waals surface area contributed by atoms with Crippen LogP contribution in [0.2, 0.25) is 0 Å². The SMILES string of the molecule is CCC(NC)c1ccccc1Oc1ccc(I)cc1. The fourth-order valence-corrected chi connectivity index (χ4v) is 2.43. The molecule has 0 aliphatic heterocycles. The molecule has 2 rings (SSSR count). The third-order valence-corrected chi connectivity index (χ3v) is 3.81. The van der Waals surface area contributed by atoms with Crippen molar-refractivity contribution < 1.29 is 4.74 Å². The van der Waals surface area contributed by atoms with Gasteiger partial charge >= 0.3 is 0 Å². The van der Waals surface area contributed by atoms with E-state index in [0.29, 0.717) is 6.04 Å². The lowest BCUT2D eigenvalue weighted by Crippen LogP contribution is -2.15. The topological polar surface area (TPSA) is 21.3 Å². The Morgan fingerprint density at radius 1 is 1.11 bits per heavy atom. The predicted molar refractivity (Wildman–Crippen MR) is 87.8 cm³/mol. The van der Waals surface area contributed by atoms with Crippen LogP contribution >= 0.6 is 22.6 Å². The summed E-state index contributed by atoms with van der Waals surface area (Å²) in [5.41, 5.74) is 1.20. The molecule has 0 aliphatic rings. The summed E-state index contributed by atoms with van der Waals surface area (Å²) in [5.74, 6) is 1.80. The lowest BCUT2D eigenvalue weighted by atomic mass is 10.0. The van der Waals surface area contributed by atoms with Gasteiger partial charge in [-0.15, -0.1) is 0 Å². The molecule has 1 unspecified atom stereocenters. The van der Waals surface area contributed by atoms with E-state index in [1.54, 1.807) is 0 Å². The van der Waals surface area contributed by atoms with Crippen LogP contribution in [0.1, 0.15) is 24.9 Å². The van der Waals surface area contributed by atoms with E-state index in [9.17, 15) is 0 Å². The minimum absolute atomic E-state index is 0.319. The maximum absolute atomic E-state index is 6.01. The molecule has 0 amide bonds. The largest absolute Gasteiger partial charge is 0.457 e. The van der Waals surface area contributed by atoms with E-state index < -0.39 is 0 Å². The summed E-state index contributed by atoms with van der Waals surface area (Å²) in [6, 6.07) is 16.6. The first-order valence-corrected chi connectivity index (χ1v) is 7.52. The Bertz CT molecular complexity index is 521. The summed E-state index contributed by atoms with van der Waals surface area (Å²) < 4.78 is 7.21. The fourth-order valence-electron chi connectivity index (χ4n) is 2.07. The molecule has 0 aromatic heterocycles. The number of benzene rings is 2. The molecular formula is C16H18INO. The minimum Gasteiger partial charge on any atom is -0.457 e. The average Bonchev–Trinajstić information content (AvgIpc) is 2.44. The Kier molecular flexibility index (Phi) is 5.22. The van der Waals surface area contributed by atoms with E-state index in [-0.39, 0.29) is 0 Å². The van der Waals surface area contributed by atoms with Crippen molar-refractivity contribution in [1.29, 1.82) is 0 Å². The van der Waals surface area contributed by atoms with Gasteiger partial charge in [0.2, 0.25) is 0 Å². The van der Waals surface area contributed by atoms with Crippen LogP contribution in [0.3, 0.4) is 0 Å². The van der Waals surface area contributed by atoms with Crippen LogP contribution in [0.4, 0.5) is 0 Å². The van der Waals surface area contributed by atoms with Crippen molar-refractivity contribution in [3.63, 3.8) is 0 Å². The fraction of sp³-hybridized carbons (Fsp3) is 0.250. The van der Waals surface area contributed by atoms with Gasteiger partial charge in [-0.3, -0.25) is 0 Å². The van der Waals surface area contributed by atoms with Crippen molar-refractivity contribution in [1.82, 2.24) is 5.32 Å². The van der Waals surface area contributed by atoms with Crippen molar-refractivity contribution in [3.8, 4) is 11.5 Å². The standard InChI is InChI=1S/C16H18INO/c1-3-15(18-2)14-6-4-5-7-16(14)19-13-10-8-12(17)9-11-13/h4-11,15,18H,3H2,1-2H3. The van der Waals surface area contributed by atoms with E-state index in [2.05, 4.69) is 47.0 Å². The molecule has 3 heteroatoms. The van der Waals surface area contributed by atoms with Gasteiger partial charge < -0.3 is 10.1 Å². The number of hydrogen-bond donors (Lipinski definition) is 1. The molecule has 1 N–H and O–H groups in total. The van der Waals surface area contributed by atoms with Crippen LogP contribution < -0.4 is 10.1 Å². The van der Waals surface area contributed by atoms with E-state index in [0.717, 1.165) is 17.9 Å². The van der Waals surface area contributed by atoms with Gasteiger partial charge in [0.25, 0.3) is 0 Å². The summed E-state index contributed by atoms with van der Waals surface area (Å²) in [6.07, 6.45) is 1.03. The van der Waals surface area contributed by atoms with Crippen LogP contribution in [0.5, 0.6) is 11.5 Å². The van der Waals surface area contributed by atoms with Gasteiger partial charge in [-0.1, -0.05) is 25.1 Å². The summed E-state index contributed by atoms with van der Waals surface area (Å²) in [6.45, 7) is 2.17. The number of hydrogen-bond acceptors (Lipinski definition) is 2. The Morgan fingerprint density at radius 3 is 2.42 bits per heavy atom. The number of ether oxygens (including phenoxy) is 1. The Morgan fingerprint density at radius 2 is 1.79 bits per heavy atom. The lowest BCUT2D eigenvalue weighted by Gasteiger charge is -2.18. The molecule has 0 heterocycles. The van der Waals surface area contributed by atoms with Crippen molar-refractivity contribution in [3.05, 3.63) is 57.7 Å². The Balaban J connectivity index is 2.27. The van der Waals surface area contributed by atoms with Crippen molar-refractivity contribution in [2.24, 2.45) is 0 Å². The normalized spacial score (nSPS) is 12.2. The van der Waals surface area contributed by atoms with Crippen molar-refractivity contribution >= 4 is 22.6 Å². The molecule has 0 aliphatic carbocycles. The van der Waals surface area contributed by atoms with Gasteiger partial charge in [0.05, 0.1) is 0 Å². The highest BCUT2D eigenvalue weighted by Crippen LogP contribution is 2.30. The van der Waals surface area contributed by atoms with Gasteiger partial charge in [0.1, 0.15) is 11.5 Å². The highest BCUT2D eigenvalue weighted by atomic mass is 127. The van der Waals surface area contributed by atoms with Gasteiger partial charge in [0, 0.05) is 15.2 Å². The zero-order valence-electron chi connectivity index (χ0n) is 11.2. The van der Waals surface area contributed by atoms with E-state index in [1.807, 2.05) is 43.4 Å². The highest BCUT2D eigenvalue weighted by Gasteiger charge is 2.12. The first-order valence-electron chi connectivity index (χ1n) is 6.44. The molecule has 19 heavy (non-hydrogen) atoms. The molecule has 0 saturated carbocycles. The predicted octanol–water partition coefficient (Wildman–Crippen LogP) is 4.75. The maximum Gasteiger partial charge on any atom is 0.132 e. The first-order chi connectivity index (χ1) is 9.24. The number of nitrogens with one attached hydrogen (secondary N) is 1. The molecule has 2 aromatic carbocycles. The first kappa shape index (κ1) is 14.3. The van der Waals surface area contributed by atoms with Crippen LogP contribution in [-0.4, -0.2) is 7.05 Å². The van der Waals surface area contributed by atoms with Crippen molar-refractivity contribution in [2.75, 3.05) is 7.05 Å². The summed E-state index contributed by atoms with van der Waals surface area (Å²) >= 11 is 2.29. The zero-order chi connectivity index (χ0) is 13.7. The smallest absolute Gasteiger partial charge is 0.132 e. The third kappa shape index (κ3) is 3.70. The summed E-state index contributed by atoms with van der Waals surface area (Å²) in [5, 5.41) is 3.32. The summed E-state index contributed by atoms with van der Waals surface area (Å²) in [7, 11) is 1.98. The monoisotopic (exact) mass is 367 g/mol. The third-order valence-electron chi connectivity index (χ3n) is 3.09. The molecule has 100 valence electrons. The van der Waals surface area contributed by atoms with Gasteiger partial charge in [-0.05, 0) is 66.4 Å². The summed E-state index contributed by atoms with van der Waals surface area (Å²) in [4.78, 5) is 0. The second kappa shape index (κ2) is 6.91. The van der Waals surface area contributed by atoms with E-state index >= 15 is 0 Å². The maximum atomic E-state index is 6.01. The van der Waals surface area contributed by atoms with Gasteiger partial charge in [0.15, 0.2) is 0 Å². The molecule has 2 aromatic rings. The molecule has 0 fully saturated rings. The molecule has 2 nitrogen and oxygen atoms in total. The minimum atomic E-state index is 0.319.